The summed E-state index contributed by atoms with van der Waals surface area (Å²) in [5.74, 6) is 2.02. The zero-order chi connectivity index (χ0) is 14.4. The molecule has 3 nitrogen and oxygen atoms in total. The third kappa shape index (κ3) is 4.11. The van der Waals surface area contributed by atoms with E-state index >= 15 is 0 Å². The predicted molar refractivity (Wildman–Crippen MR) is 83.1 cm³/mol. The molecule has 0 radical (unpaired) electrons. The van der Waals surface area contributed by atoms with Gasteiger partial charge in [0, 0.05) is 10.5 Å². The number of hydrogen-bond acceptors (Lipinski definition) is 3. The van der Waals surface area contributed by atoms with Gasteiger partial charge in [0.2, 0.25) is 0 Å². The van der Waals surface area contributed by atoms with E-state index in [4.69, 9.17) is 9.47 Å². The Morgan fingerprint density at radius 1 is 1.16 bits per heavy atom. The van der Waals surface area contributed by atoms with Crippen LogP contribution >= 0.6 is 15.9 Å². The van der Waals surface area contributed by atoms with Crippen LogP contribution in [0.1, 0.15) is 38.8 Å². The summed E-state index contributed by atoms with van der Waals surface area (Å²) < 4.78 is 11.8. The van der Waals surface area contributed by atoms with Crippen LogP contribution in [0, 0.1) is 5.92 Å². The molecule has 0 aliphatic heterocycles. The van der Waals surface area contributed by atoms with E-state index in [0.717, 1.165) is 28.9 Å². The summed E-state index contributed by atoms with van der Waals surface area (Å²) >= 11 is 3.64. The maximum Gasteiger partial charge on any atom is 0.161 e. The number of halogens is 1. The van der Waals surface area contributed by atoms with Crippen LogP contribution in [0.25, 0.3) is 0 Å². The largest absolute Gasteiger partial charge is 0.493 e. The van der Waals surface area contributed by atoms with Crippen LogP contribution in [0.5, 0.6) is 11.5 Å². The van der Waals surface area contributed by atoms with E-state index in [1.165, 1.54) is 5.56 Å². The molecule has 0 bridgehead atoms. The maximum absolute atomic E-state index is 5.39. The van der Waals surface area contributed by atoms with Crippen molar-refractivity contribution < 1.29 is 9.47 Å². The fourth-order valence-corrected chi connectivity index (χ4v) is 2.68. The molecule has 19 heavy (non-hydrogen) atoms. The van der Waals surface area contributed by atoms with E-state index in [2.05, 4.69) is 48.1 Å². The Labute approximate surface area is 124 Å². The highest BCUT2D eigenvalue weighted by Crippen LogP contribution is 2.37. The van der Waals surface area contributed by atoms with Gasteiger partial charge in [-0.3, -0.25) is 0 Å². The zero-order valence-electron chi connectivity index (χ0n) is 12.4. The lowest BCUT2D eigenvalue weighted by molar-refractivity contribution is 0.351. The molecule has 0 saturated carbocycles. The van der Waals surface area contributed by atoms with Gasteiger partial charge in [0.25, 0.3) is 0 Å². The van der Waals surface area contributed by atoms with Crippen LogP contribution in [0.2, 0.25) is 0 Å². The average molecular weight is 330 g/mol. The quantitative estimate of drug-likeness (QED) is 0.814. The molecule has 0 aliphatic rings. The van der Waals surface area contributed by atoms with Crippen molar-refractivity contribution in [3.05, 3.63) is 22.2 Å². The van der Waals surface area contributed by atoms with Gasteiger partial charge in [0.1, 0.15) is 0 Å². The van der Waals surface area contributed by atoms with E-state index in [1.807, 2.05) is 6.07 Å². The minimum absolute atomic E-state index is 0.300. The van der Waals surface area contributed by atoms with Gasteiger partial charge in [-0.05, 0) is 36.6 Å². The summed E-state index contributed by atoms with van der Waals surface area (Å²) in [7, 11) is 3.32. The van der Waals surface area contributed by atoms with Gasteiger partial charge in [0.05, 0.1) is 14.2 Å². The molecule has 1 atom stereocenters. The molecule has 1 N–H and O–H groups in total. The summed E-state index contributed by atoms with van der Waals surface area (Å²) in [5.41, 5.74) is 1.21. The highest BCUT2D eigenvalue weighted by molar-refractivity contribution is 9.10. The molecule has 1 aromatic rings. The zero-order valence-corrected chi connectivity index (χ0v) is 14.0. The topological polar surface area (TPSA) is 30.5 Å². The van der Waals surface area contributed by atoms with E-state index in [9.17, 15) is 0 Å². The van der Waals surface area contributed by atoms with Crippen molar-refractivity contribution >= 4 is 15.9 Å². The Kier molecular flexibility index (Phi) is 6.66. The fourth-order valence-electron chi connectivity index (χ4n) is 2.11. The van der Waals surface area contributed by atoms with Crippen LogP contribution in [0.15, 0.2) is 16.6 Å². The standard InChI is InChI=1S/C15H24BrNO2/c1-6-7-17-15(10(2)3)11-8-13(18-4)14(19-5)9-12(11)16/h8-10,15,17H,6-7H2,1-5H3. The smallest absolute Gasteiger partial charge is 0.161 e. The fraction of sp³-hybridized carbons (Fsp3) is 0.600. The Balaban J connectivity index is 3.15. The van der Waals surface area contributed by atoms with E-state index in [0.29, 0.717) is 12.0 Å². The molecule has 0 heterocycles. The minimum Gasteiger partial charge on any atom is -0.493 e. The summed E-state index contributed by atoms with van der Waals surface area (Å²) in [6.07, 6.45) is 1.12. The van der Waals surface area contributed by atoms with E-state index in [-0.39, 0.29) is 0 Å². The van der Waals surface area contributed by atoms with Gasteiger partial charge in [-0.1, -0.05) is 36.7 Å². The molecule has 0 amide bonds. The van der Waals surface area contributed by atoms with Crippen molar-refractivity contribution in [2.24, 2.45) is 5.92 Å². The molecular formula is C15H24BrNO2. The van der Waals surface area contributed by atoms with E-state index in [1.54, 1.807) is 14.2 Å². The van der Waals surface area contributed by atoms with Crippen LogP contribution in [0.3, 0.4) is 0 Å². The Morgan fingerprint density at radius 2 is 1.74 bits per heavy atom. The summed E-state index contributed by atoms with van der Waals surface area (Å²) in [5, 5.41) is 3.59. The Hall–Kier alpha value is -0.740. The van der Waals surface area contributed by atoms with Gasteiger partial charge in [-0.15, -0.1) is 0 Å². The number of rotatable bonds is 7. The lowest BCUT2D eigenvalue weighted by Crippen LogP contribution is -2.26. The first kappa shape index (κ1) is 16.3. The van der Waals surface area contributed by atoms with Crippen molar-refractivity contribution in [1.29, 1.82) is 0 Å². The van der Waals surface area contributed by atoms with Gasteiger partial charge < -0.3 is 14.8 Å². The summed E-state index contributed by atoms with van der Waals surface area (Å²) in [4.78, 5) is 0. The number of ether oxygens (including phenoxy) is 2. The lowest BCUT2D eigenvalue weighted by Gasteiger charge is -2.25. The highest BCUT2D eigenvalue weighted by Gasteiger charge is 2.20. The second-order valence-electron chi connectivity index (χ2n) is 4.90. The second kappa shape index (κ2) is 7.75. The third-order valence-electron chi connectivity index (χ3n) is 3.12. The van der Waals surface area contributed by atoms with Gasteiger partial charge in [-0.25, -0.2) is 0 Å². The normalized spacial score (nSPS) is 12.6. The van der Waals surface area contributed by atoms with Crippen molar-refractivity contribution in [2.75, 3.05) is 20.8 Å². The van der Waals surface area contributed by atoms with Crippen molar-refractivity contribution in [2.45, 2.75) is 33.2 Å². The molecule has 0 saturated heterocycles. The number of benzene rings is 1. The Bertz CT molecular complexity index is 407. The highest BCUT2D eigenvalue weighted by atomic mass is 79.9. The molecule has 0 fully saturated rings. The van der Waals surface area contributed by atoms with Crippen molar-refractivity contribution in [1.82, 2.24) is 5.32 Å². The van der Waals surface area contributed by atoms with Crippen molar-refractivity contribution in [3.8, 4) is 11.5 Å². The van der Waals surface area contributed by atoms with Gasteiger partial charge in [0.15, 0.2) is 11.5 Å². The van der Waals surface area contributed by atoms with Gasteiger partial charge in [-0.2, -0.15) is 0 Å². The first-order valence-electron chi connectivity index (χ1n) is 6.69. The van der Waals surface area contributed by atoms with Crippen LogP contribution in [0.4, 0.5) is 0 Å². The second-order valence-corrected chi connectivity index (χ2v) is 5.76. The van der Waals surface area contributed by atoms with E-state index < -0.39 is 0 Å². The molecule has 1 unspecified atom stereocenters. The van der Waals surface area contributed by atoms with Crippen LogP contribution in [-0.4, -0.2) is 20.8 Å². The maximum atomic E-state index is 5.39. The molecule has 0 aromatic heterocycles. The van der Waals surface area contributed by atoms with Crippen LogP contribution in [-0.2, 0) is 0 Å². The lowest BCUT2D eigenvalue weighted by atomic mass is 9.95. The minimum atomic E-state index is 0.300. The molecule has 1 aromatic carbocycles. The SMILES string of the molecule is CCCNC(c1cc(OC)c(OC)cc1Br)C(C)C. The summed E-state index contributed by atoms with van der Waals surface area (Å²) in [6.45, 7) is 7.62. The van der Waals surface area contributed by atoms with Crippen LogP contribution < -0.4 is 14.8 Å². The monoisotopic (exact) mass is 329 g/mol. The first-order valence-corrected chi connectivity index (χ1v) is 7.49. The average Bonchev–Trinajstić information content (AvgIpc) is 2.39. The molecule has 1 rings (SSSR count). The first-order chi connectivity index (χ1) is 9.04. The predicted octanol–water partition coefficient (Wildman–Crippen LogP) is 4.16. The number of methoxy groups -OCH3 is 2. The summed E-state index contributed by atoms with van der Waals surface area (Å²) in [6, 6.07) is 4.32. The van der Waals surface area contributed by atoms with Crippen molar-refractivity contribution in [3.63, 3.8) is 0 Å². The number of hydrogen-bond donors (Lipinski definition) is 1. The molecule has 108 valence electrons. The molecule has 4 heteroatoms. The van der Waals surface area contributed by atoms with Gasteiger partial charge >= 0.3 is 0 Å². The Morgan fingerprint density at radius 3 is 2.21 bits per heavy atom. The third-order valence-corrected chi connectivity index (χ3v) is 3.81. The number of nitrogens with one attached hydrogen (secondary N) is 1. The molecule has 0 aliphatic carbocycles. The molecule has 0 spiro atoms. The molecular weight excluding hydrogens is 306 g/mol.